The number of fused-ring (bicyclic) bond motifs is 1. The number of carbonyl (C=O) groups excluding carboxylic acids is 1. The number of carboxylic acids is 1. The first-order valence-corrected chi connectivity index (χ1v) is 6.91. The number of likely N-dealkylation sites (N-methyl/N-ethyl adjacent to an activating group) is 1. The van der Waals surface area contributed by atoms with Crippen LogP contribution in [-0.4, -0.2) is 47.5 Å². The first kappa shape index (κ1) is 12.2. The number of benzene rings is 1. The lowest BCUT2D eigenvalue weighted by Crippen LogP contribution is -2.15. The average molecular weight is 307 g/mol. The fourth-order valence-electron chi connectivity index (χ4n) is 2.17. The van der Waals surface area contributed by atoms with Crippen molar-refractivity contribution < 1.29 is 23.5 Å². The molecule has 0 aliphatic rings. The summed E-state index contributed by atoms with van der Waals surface area (Å²) in [5, 5.41) is 9.33. The Hall–Kier alpha value is -2.34. The monoisotopic (exact) mass is 307 g/mol. The highest BCUT2D eigenvalue weighted by molar-refractivity contribution is 5.91. The molecule has 0 radical (unpaired) electrons. The minimum absolute atomic E-state index is 0.215. The predicted molar refractivity (Wildman–Crippen MR) is 83.1 cm³/mol. The number of aliphatic carboxylic acids is 1. The molecular weight excluding hydrogens is 284 g/mol. The van der Waals surface area contributed by atoms with E-state index >= 15 is 0 Å². The molecule has 0 unspecified atom stereocenters. The summed E-state index contributed by atoms with van der Waals surface area (Å²) in [5.74, 6) is -1.35. The van der Waals surface area contributed by atoms with Gasteiger partial charge in [-0.15, -0.1) is 0 Å². The molecule has 1 aromatic heterocycles. The van der Waals surface area contributed by atoms with E-state index in [1.807, 2.05) is 6.07 Å². The number of carboxylic acid groups (broad SMARTS) is 1. The van der Waals surface area contributed by atoms with Crippen LogP contribution in [0.5, 0.6) is 5.75 Å². The Labute approximate surface area is 132 Å². The molecule has 1 aromatic carbocycles. The Morgan fingerprint density at radius 1 is 1.41 bits per heavy atom. The predicted octanol–water partition coefficient (Wildman–Crippen LogP) is 2.04. The Bertz CT molecular complexity index is 770. The Morgan fingerprint density at radius 3 is 2.95 bits per heavy atom. The first-order valence-electron chi connectivity index (χ1n) is 8.41. The van der Waals surface area contributed by atoms with Gasteiger partial charge in [0, 0.05) is 27.8 Å². The average Bonchev–Trinajstić information content (AvgIpc) is 2.94. The van der Waals surface area contributed by atoms with Crippen molar-refractivity contribution in [3.8, 4) is 5.75 Å². The van der Waals surface area contributed by atoms with Gasteiger partial charge >= 0.3 is 11.9 Å². The second-order valence-electron chi connectivity index (χ2n) is 5.03. The summed E-state index contributed by atoms with van der Waals surface area (Å²) in [6.07, 6.45) is 1.70. The lowest BCUT2D eigenvalue weighted by molar-refractivity contribution is -0.142. The summed E-state index contributed by atoms with van der Waals surface area (Å²) in [5.41, 5.74) is 1.59. The summed E-state index contributed by atoms with van der Waals surface area (Å²) in [7, 11) is 1.52. The van der Waals surface area contributed by atoms with Gasteiger partial charge in [-0.3, -0.25) is 9.59 Å². The molecule has 6 nitrogen and oxygen atoms in total. The summed E-state index contributed by atoms with van der Waals surface area (Å²) < 4.78 is 27.4. The number of nitrogens with one attached hydrogen (secondary N) is 1. The van der Waals surface area contributed by atoms with Gasteiger partial charge in [-0.2, -0.15) is 0 Å². The van der Waals surface area contributed by atoms with E-state index < -0.39 is 18.9 Å². The maximum atomic E-state index is 11.8. The van der Waals surface area contributed by atoms with Crippen LogP contribution in [0.2, 0.25) is 0 Å². The molecule has 0 atom stereocenters. The Morgan fingerprint density at radius 2 is 2.23 bits per heavy atom. The van der Waals surface area contributed by atoms with Gasteiger partial charge < -0.3 is 19.7 Å². The molecule has 0 aliphatic carbocycles. The zero-order valence-corrected chi connectivity index (χ0v) is 12.3. The third kappa shape index (κ3) is 4.08. The standard InChI is InChI=1S/C16H20N2O4/c1-18(2)9-8-11-10-17-12-4-3-5-13(16(11)12)22-15(21)7-6-14(19)20/h3-5,10,17H,6-9H2,1-2H3,(H,19,20)/i1D3. The fourth-order valence-corrected chi connectivity index (χ4v) is 2.17. The quantitative estimate of drug-likeness (QED) is 0.604. The van der Waals surface area contributed by atoms with Crippen molar-refractivity contribution in [3.05, 3.63) is 30.0 Å². The van der Waals surface area contributed by atoms with E-state index in [0.29, 0.717) is 24.1 Å². The molecule has 0 spiro atoms. The van der Waals surface area contributed by atoms with E-state index in [0.717, 1.165) is 11.1 Å². The summed E-state index contributed by atoms with van der Waals surface area (Å²) in [6.45, 7) is -1.86. The van der Waals surface area contributed by atoms with Crippen LogP contribution >= 0.6 is 0 Å². The number of rotatable bonds is 7. The number of nitrogens with zero attached hydrogens (tertiary/aromatic N) is 1. The number of H-pyrrole nitrogens is 1. The summed E-state index contributed by atoms with van der Waals surface area (Å²) >= 11 is 0. The molecule has 0 saturated carbocycles. The van der Waals surface area contributed by atoms with Crippen molar-refractivity contribution in [1.29, 1.82) is 0 Å². The van der Waals surface area contributed by atoms with Gasteiger partial charge in [-0.1, -0.05) is 6.07 Å². The maximum Gasteiger partial charge on any atom is 0.311 e. The lowest BCUT2D eigenvalue weighted by atomic mass is 10.1. The third-order valence-electron chi connectivity index (χ3n) is 3.23. The van der Waals surface area contributed by atoms with Crippen molar-refractivity contribution in [2.24, 2.45) is 0 Å². The number of carbonyl (C=O) groups is 2. The highest BCUT2D eigenvalue weighted by atomic mass is 16.5. The van der Waals surface area contributed by atoms with E-state index in [-0.39, 0.29) is 12.8 Å². The van der Waals surface area contributed by atoms with E-state index in [9.17, 15) is 9.59 Å². The molecule has 6 heteroatoms. The molecule has 0 fully saturated rings. The smallest absolute Gasteiger partial charge is 0.311 e. The number of hydrogen-bond acceptors (Lipinski definition) is 4. The zero-order valence-electron chi connectivity index (χ0n) is 15.3. The SMILES string of the molecule is [2H]C([2H])([2H])N(C)CCc1c[nH]c2cccc(OC(=O)CCC(=O)O)c12. The van der Waals surface area contributed by atoms with Crippen LogP contribution in [0, 0.1) is 0 Å². The van der Waals surface area contributed by atoms with E-state index in [1.54, 1.807) is 18.3 Å². The van der Waals surface area contributed by atoms with Crippen LogP contribution in [-0.2, 0) is 16.0 Å². The molecule has 0 saturated heterocycles. The number of esters is 1. The zero-order chi connectivity index (χ0) is 18.6. The van der Waals surface area contributed by atoms with Crippen LogP contribution in [0.15, 0.2) is 24.4 Å². The number of aromatic nitrogens is 1. The van der Waals surface area contributed by atoms with Gasteiger partial charge in [-0.05, 0) is 38.1 Å². The second-order valence-corrected chi connectivity index (χ2v) is 5.03. The molecule has 1 heterocycles. The van der Waals surface area contributed by atoms with Crippen molar-refractivity contribution >= 4 is 22.8 Å². The number of hydrogen-bond donors (Lipinski definition) is 2. The molecule has 0 aliphatic heterocycles. The molecule has 2 aromatic rings. The third-order valence-corrected chi connectivity index (χ3v) is 3.23. The summed E-state index contributed by atoms with van der Waals surface area (Å²) in [4.78, 5) is 26.7. The topological polar surface area (TPSA) is 82.6 Å². The highest BCUT2D eigenvalue weighted by Gasteiger charge is 2.14. The van der Waals surface area contributed by atoms with Gasteiger partial charge in [0.1, 0.15) is 5.75 Å². The van der Waals surface area contributed by atoms with E-state index in [4.69, 9.17) is 14.0 Å². The molecule has 2 rings (SSSR count). The molecule has 22 heavy (non-hydrogen) atoms. The lowest BCUT2D eigenvalue weighted by Gasteiger charge is -2.10. The normalized spacial score (nSPS) is 13.6. The number of ether oxygens (including phenoxy) is 1. The largest absolute Gasteiger partial charge is 0.481 e. The molecule has 118 valence electrons. The molecule has 0 bridgehead atoms. The second kappa shape index (κ2) is 7.09. The van der Waals surface area contributed by atoms with Crippen LogP contribution in [0.4, 0.5) is 0 Å². The molecule has 2 N–H and O–H groups in total. The van der Waals surface area contributed by atoms with Crippen LogP contribution < -0.4 is 4.74 Å². The van der Waals surface area contributed by atoms with Crippen molar-refractivity contribution in [1.82, 2.24) is 9.88 Å². The Balaban J connectivity index is 2.17. The maximum absolute atomic E-state index is 11.8. The van der Waals surface area contributed by atoms with E-state index in [2.05, 4.69) is 4.98 Å². The van der Waals surface area contributed by atoms with Crippen LogP contribution in [0.3, 0.4) is 0 Å². The Kier molecular flexibility index (Phi) is 3.94. The van der Waals surface area contributed by atoms with Crippen molar-refractivity contribution in [2.45, 2.75) is 19.3 Å². The minimum atomic E-state index is -2.17. The first-order chi connectivity index (χ1) is 11.7. The van der Waals surface area contributed by atoms with Gasteiger partial charge in [0.05, 0.1) is 12.8 Å². The van der Waals surface area contributed by atoms with Crippen molar-refractivity contribution in [2.75, 3.05) is 20.6 Å². The fraction of sp³-hybridized carbons (Fsp3) is 0.375. The summed E-state index contributed by atoms with van der Waals surface area (Å²) in [6, 6.07) is 5.17. The van der Waals surface area contributed by atoms with E-state index in [1.165, 1.54) is 11.9 Å². The molecule has 0 amide bonds. The number of aromatic amines is 1. The van der Waals surface area contributed by atoms with Gasteiger partial charge in [0.15, 0.2) is 0 Å². The van der Waals surface area contributed by atoms with Crippen LogP contribution in [0.25, 0.3) is 10.9 Å². The van der Waals surface area contributed by atoms with Gasteiger partial charge in [0.2, 0.25) is 0 Å². The molecular formula is C16H20N2O4. The van der Waals surface area contributed by atoms with Crippen molar-refractivity contribution in [3.63, 3.8) is 0 Å². The van der Waals surface area contributed by atoms with Gasteiger partial charge in [-0.25, -0.2) is 0 Å². The minimum Gasteiger partial charge on any atom is -0.481 e. The van der Waals surface area contributed by atoms with Gasteiger partial charge in [0.25, 0.3) is 0 Å². The highest BCUT2D eigenvalue weighted by Crippen LogP contribution is 2.29. The van der Waals surface area contributed by atoms with Crippen LogP contribution in [0.1, 0.15) is 22.5 Å².